The Kier molecular flexibility index (Phi) is 3.91. The summed E-state index contributed by atoms with van der Waals surface area (Å²) >= 11 is 0. The van der Waals surface area contributed by atoms with Crippen molar-refractivity contribution < 1.29 is 0 Å². The number of rotatable bonds is 5. The number of hydrogen-bond acceptors (Lipinski definition) is 2. The maximum Gasteiger partial charge on any atom is 0.137 e. The van der Waals surface area contributed by atoms with Gasteiger partial charge in [-0.3, -0.25) is 0 Å². The summed E-state index contributed by atoms with van der Waals surface area (Å²) in [7, 11) is 0. The van der Waals surface area contributed by atoms with Crippen molar-refractivity contribution in [2.24, 2.45) is 0 Å². The Bertz CT molecular complexity index is 726. The highest BCUT2D eigenvalue weighted by atomic mass is 15.0. The number of imidazole rings is 1. The molecule has 0 spiro atoms. The van der Waals surface area contributed by atoms with Crippen molar-refractivity contribution >= 4 is 11.3 Å². The van der Waals surface area contributed by atoms with E-state index in [2.05, 4.69) is 77.3 Å². The fourth-order valence-electron chi connectivity index (χ4n) is 2.42. The van der Waals surface area contributed by atoms with Gasteiger partial charge in [-0.2, -0.15) is 0 Å². The van der Waals surface area contributed by atoms with E-state index in [4.69, 9.17) is 0 Å². The Morgan fingerprint density at radius 2 is 1.86 bits per heavy atom. The number of aromatic nitrogens is 2. The first-order valence-corrected chi connectivity index (χ1v) is 7.51. The molecule has 1 aromatic carbocycles. The average molecular weight is 279 g/mol. The predicted octanol–water partition coefficient (Wildman–Crippen LogP) is 4.06. The van der Waals surface area contributed by atoms with Crippen LogP contribution in [0, 0.1) is 6.92 Å². The van der Waals surface area contributed by atoms with Crippen LogP contribution >= 0.6 is 0 Å². The van der Waals surface area contributed by atoms with Crippen molar-refractivity contribution in [1.29, 1.82) is 0 Å². The lowest BCUT2D eigenvalue weighted by Crippen LogP contribution is -2.00. The van der Waals surface area contributed by atoms with E-state index in [9.17, 15) is 0 Å². The van der Waals surface area contributed by atoms with Crippen molar-refractivity contribution in [1.82, 2.24) is 9.38 Å². The van der Waals surface area contributed by atoms with Crippen molar-refractivity contribution in [2.75, 3.05) is 11.9 Å². The van der Waals surface area contributed by atoms with E-state index >= 15 is 0 Å². The van der Waals surface area contributed by atoms with Crippen LogP contribution in [0.1, 0.15) is 30.2 Å². The Labute approximate surface area is 125 Å². The number of pyridine rings is 1. The van der Waals surface area contributed by atoms with Gasteiger partial charge in [0.2, 0.25) is 0 Å². The molecule has 0 atom stereocenters. The monoisotopic (exact) mass is 279 g/mol. The molecular weight excluding hydrogens is 258 g/mol. The molecule has 3 rings (SSSR count). The Morgan fingerprint density at radius 1 is 1.05 bits per heavy atom. The molecule has 21 heavy (non-hydrogen) atoms. The second-order valence-corrected chi connectivity index (χ2v) is 5.50. The lowest BCUT2D eigenvalue weighted by molar-refractivity contribution is 0.975. The zero-order chi connectivity index (χ0) is 14.7. The van der Waals surface area contributed by atoms with Crippen molar-refractivity contribution in [3.8, 4) is 0 Å². The first-order chi connectivity index (χ1) is 10.2. The summed E-state index contributed by atoms with van der Waals surface area (Å²) in [6, 6.07) is 12.8. The normalized spacial score (nSPS) is 11.0. The van der Waals surface area contributed by atoms with Crippen LogP contribution in [-0.4, -0.2) is 15.9 Å². The first kappa shape index (κ1) is 13.7. The van der Waals surface area contributed by atoms with Gasteiger partial charge in [0.15, 0.2) is 0 Å². The molecule has 0 unspecified atom stereocenters. The summed E-state index contributed by atoms with van der Waals surface area (Å²) in [5, 5.41) is 3.40. The van der Waals surface area contributed by atoms with Crippen LogP contribution in [0.15, 0.2) is 48.8 Å². The standard InChI is InChI=1S/C18H21N3/c1-3-10-19-16-8-9-18-20-17(13-21(18)12-16)11-15-6-4-14(2)5-7-15/h4-9,12-13,19H,3,10-11H2,1-2H3. The third kappa shape index (κ3) is 3.24. The lowest BCUT2D eigenvalue weighted by Gasteiger charge is -2.04. The van der Waals surface area contributed by atoms with Gasteiger partial charge < -0.3 is 9.72 Å². The largest absolute Gasteiger partial charge is 0.384 e. The summed E-state index contributed by atoms with van der Waals surface area (Å²) in [5.41, 5.74) is 5.84. The molecule has 2 heterocycles. The minimum Gasteiger partial charge on any atom is -0.384 e. The summed E-state index contributed by atoms with van der Waals surface area (Å²) < 4.78 is 2.10. The van der Waals surface area contributed by atoms with Crippen LogP contribution in [0.5, 0.6) is 0 Å². The molecule has 0 saturated heterocycles. The third-order valence-electron chi connectivity index (χ3n) is 3.59. The molecule has 0 saturated carbocycles. The van der Waals surface area contributed by atoms with Gasteiger partial charge in [0.1, 0.15) is 5.65 Å². The number of fused-ring (bicyclic) bond motifs is 1. The Balaban J connectivity index is 1.81. The number of anilines is 1. The average Bonchev–Trinajstić information content (AvgIpc) is 2.89. The van der Waals surface area contributed by atoms with Crippen LogP contribution < -0.4 is 5.32 Å². The minimum absolute atomic E-state index is 0.875. The first-order valence-electron chi connectivity index (χ1n) is 7.51. The summed E-state index contributed by atoms with van der Waals surface area (Å²) in [6.07, 6.45) is 6.23. The van der Waals surface area contributed by atoms with Crippen LogP contribution in [0.25, 0.3) is 5.65 Å². The van der Waals surface area contributed by atoms with Crippen LogP contribution in [0.2, 0.25) is 0 Å². The Morgan fingerprint density at radius 3 is 2.62 bits per heavy atom. The molecule has 0 aliphatic rings. The molecule has 0 amide bonds. The van der Waals surface area contributed by atoms with E-state index in [1.165, 1.54) is 11.1 Å². The Hall–Kier alpha value is -2.29. The molecule has 3 nitrogen and oxygen atoms in total. The second kappa shape index (κ2) is 6.00. The van der Waals surface area contributed by atoms with E-state index in [1.54, 1.807) is 0 Å². The highest BCUT2D eigenvalue weighted by Gasteiger charge is 2.03. The molecule has 2 aromatic heterocycles. The zero-order valence-corrected chi connectivity index (χ0v) is 12.6. The van der Waals surface area contributed by atoms with Gasteiger partial charge in [0.05, 0.1) is 11.4 Å². The van der Waals surface area contributed by atoms with Crippen molar-refractivity contribution in [3.63, 3.8) is 0 Å². The van der Waals surface area contributed by atoms with E-state index in [-0.39, 0.29) is 0 Å². The summed E-state index contributed by atoms with van der Waals surface area (Å²) in [4.78, 5) is 4.69. The molecule has 0 bridgehead atoms. The number of nitrogens with one attached hydrogen (secondary N) is 1. The molecule has 3 heteroatoms. The minimum atomic E-state index is 0.875. The molecule has 108 valence electrons. The van der Waals surface area contributed by atoms with Crippen molar-refractivity contribution in [2.45, 2.75) is 26.7 Å². The van der Waals surface area contributed by atoms with Crippen LogP contribution in [0.3, 0.4) is 0 Å². The van der Waals surface area contributed by atoms with E-state index in [0.29, 0.717) is 0 Å². The highest BCUT2D eigenvalue weighted by molar-refractivity contribution is 5.51. The third-order valence-corrected chi connectivity index (χ3v) is 3.59. The molecule has 3 aromatic rings. The maximum atomic E-state index is 4.69. The highest BCUT2D eigenvalue weighted by Crippen LogP contribution is 2.14. The van der Waals surface area contributed by atoms with Gasteiger partial charge in [-0.1, -0.05) is 36.8 Å². The van der Waals surface area contributed by atoms with Crippen LogP contribution in [-0.2, 0) is 6.42 Å². The van der Waals surface area contributed by atoms with Gasteiger partial charge in [0.25, 0.3) is 0 Å². The quantitative estimate of drug-likeness (QED) is 0.763. The SMILES string of the molecule is CCCNc1ccc2nc(Cc3ccc(C)cc3)cn2c1. The molecule has 0 aliphatic carbocycles. The fraction of sp³-hybridized carbons (Fsp3) is 0.278. The molecular formula is C18H21N3. The van der Waals surface area contributed by atoms with Gasteiger partial charge in [-0.25, -0.2) is 4.98 Å². The second-order valence-electron chi connectivity index (χ2n) is 5.50. The number of nitrogens with zero attached hydrogens (tertiary/aromatic N) is 2. The smallest absolute Gasteiger partial charge is 0.137 e. The predicted molar refractivity (Wildman–Crippen MR) is 88.0 cm³/mol. The van der Waals surface area contributed by atoms with Crippen molar-refractivity contribution in [3.05, 3.63) is 65.6 Å². The molecule has 1 N–H and O–H groups in total. The fourth-order valence-corrected chi connectivity index (χ4v) is 2.42. The topological polar surface area (TPSA) is 29.3 Å². The lowest BCUT2D eigenvalue weighted by atomic mass is 10.1. The maximum absolute atomic E-state index is 4.69. The van der Waals surface area contributed by atoms with Gasteiger partial charge in [-0.15, -0.1) is 0 Å². The molecule has 0 radical (unpaired) electrons. The number of aryl methyl sites for hydroxylation is 1. The van der Waals surface area contributed by atoms with Gasteiger partial charge in [-0.05, 0) is 31.0 Å². The number of hydrogen-bond donors (Lipinski definition) is 1. The van der Waals surface area contributed by atoms with E-state index < -0.39 is 0 Å². The van der Waals surface area contributed by atoms with Gasteiger partial charge >= 0.3 is 0 Å². The summed E-state index contributed by atoms with van der Waals surface area (Å²) in [5.74, 6) is 0. The summed E-state index contributed by atoms with van der Waals surface area (Å²) in [6.45, 7) is 5.28. The van der Waals surface area contributed by atoms with E-state index in [0.717, 1.165) is 36.4 Å². The zero-order valence-electron chi connectivity index (χ0n) is 12.6. The molecule has 0 fully saturated rings. The molecule has 0 aliphatic heterocycles. The number of benzene rings is 1. The van der Waals surface area contributed by atoms with Crippen LogP contribution in [0.4, 0.5) is 5.69 Å². The van der Waals surface area contributed by atoms with Gasteiger partial charge in [0, 0.05) is 25.4 Å². The van der Waals surface area contributed by atoms with E-state index in [1.807, 2.05) is 0 Å².